The first-order valence-electron chi connectivity index (χ1n) is 11.0. The van der Waals surface area contributed by atoms with Gasteiger partial charge in [0.05, 0.1) is 25.3 Å². The highest BCUT2D eigenvalue weighted by Crippen LogP contribution is 2.45. The van der Waals surface area contributed by atoms with Crippen molar-refractivity contribution < 1.29 is 33.7 Å². The van der Waals surface area contributed by atoms with Crippen LogP contribution in [0, 0.1) is 6.92 Å². The molecule has 0 saturated carbocycles. The smallest absolute Gasteiger partial charge is 0.296 e. The summed E-state index contributed by atoms with van der Waals surface area (Å²) in [5, 5.41) is 30.6. The Labute approximate surface area is 209 Å². The second kappa shape index (κ2) is 9.00. The Kier molecular flexibility index (Phi) is 5.84. The van der Waals surface area contributed by atoms with Crippen molar-refractivity contribution in [1.82, 2.24) is 10.2 Å². The van der Waals surface area contributed by atoms with Crippen molar-refractivity contribution in [3.05, 3.63) is 70.1 Å². The number of anilines is 1. The number of aryl methyl sites for hydroxylation is 1. The summed E-state index contributed by atoms with van der Waals surface area (Å²) in [4.78, 5) is 28.2. The second-order valence-corrected chi connectivity index (χ2v) is 9.08. The number of aromatic hydroxyl groups is 1. The maximum Gasteiger partial charge on any atom is 0.296 e. The summed E-state index contributed by atoms with van der Waals surface area (Å²) in [6, 6.07) is 10.1. The van der Waals surface area contributed by atoms with E-state index >= 15 is 0 Å². The minimum atomic E-state index is -1.08. The molecule has 1 aliphatic rings. The summed E-state index contributed by atoms with van der Waals surface area (Å²) in [5.74, 6) is -1.78. The van der Waals surface area contributed by atoms with E-state index in [1.165, 1.54) is 30.2 Å². The SMILES string of the molecule is CCOc1cc(C2C(C(=O)c3cc4cccc(OC)c4o3)=C(O)C(=O)N2c2nnc(C)s2)ccc1O. The molecule has 0 spiro atoms. The molecule has 3 heterocycles. The number of hydrogen-bond donors (Lipinski definition) is 2. The molecule has 1 amide bonds. The second-order valence-electron chi connectivity index (χ2n) is 7.92. The predicted molar refractivity (Wildman–Crippen MR) is 131 cm³/mol. The number of aromatic nitrogens is 2. The molecule has 0 fully saturated rings. The van der Waals surface area contributed by atoms with E-state index in [2.05, 4.69) is 10.2 Å². The first-order valence-corrected chi connectivity index (χ1v) is 11.8. The van der Waals surface area contributed by atoms with Gasteiger partial charge in [0, 0.05) is 5.39 Å². The van der Waals surface area contributed by atoms with Crippen LogP contribution in [0.25, 0.3) is 11.0 Å². The summed E-state index contributed by atoms with van der Waals surface area (Å²) in [7, 11) is 1.49. The third-order valence-corrected chi connectivity index (χ3v) is 6.56. The van der Waals surface area contributed by atoms with Gasteiger partial charge in [-0.15, -0.1) is 10.2 Å². The van der Waals surface area contributed by atoms with E-state index in [9.17, 15) is 19.8 Å². The quantitative estimate of drug-likeness (QED) is 0.347. The van der Waals surface area contributed by atoms with Crippen LogP contribution in [-0.4, -0.2) is 45.8 Å². The highest BCUT2D eigenvalue weighted by Gasteiger charge is 2.47. The normalized spacial score (nSPS) is 15.7. The van der Waals surface area contributed by atoms with Crippen molar-refractivity contribution in [2.75, 3.05) is 18.6 Å². The van der Waals surface area contributed by atoms with Crippen molar-refractivity contribution >= 4 is 39.1 Å². The molecule has 36 heavy (non-hydrogen) atoms. The van der Waals surface area contributed by atoms with Crippen LogP contribution in [0.1, 0.15) is 34.1 Å². The van der Waals surface area contributed by atoms with E-state index in [4.69, 9.17) is 13.9 Å². The number of benzene rings is 2. The molecule has 0 saturated heterocycles. The number of aliphatic hydroxyl groups is 1. The zero-order valence-electron chi connectivity index (χ0n) is 19.5. The highest BCUT2D eigenvalue weighted by atomic mass is 32.1. The lowest BCUT2D eigenvalue weighted by Crippen LogP contribution is -2.31. The molecule has 0 radical (unpaired) electrons. The molecule has 0 bridgehead atoms. The molecule has 1 atom stereocenters. The fourth-order valence-electron chi connectivity index (χ4n) is 4.15. The zero-order valence-corrected chi connectivity index (χ0v) is 20.3. The Morgan fingerprint density at radius 2 is 1.97 bits per heavy atom. The van der Waals surface area contributed by atoms with E-state index in [0.29, 0.717) is 27.3 Å². The fourth-order valence-corrected chi connectivity index (χ4v) is 4.86. The van der Waals surface area contributed by atoms with Gasteiger partial charge in [0.25, 0.3) is 5.91 Å². The molecule has 0 aliphatic carbocycles. The van der Waals surface area contributed by atoms with Crippen LogP contribution in [0.15, 0.2) is 58.2 Å². The number of ether oxygens (including phenoxy) is 2. The van der Waals surface area contributed by atoms with Gasteiger partial charge in [-0.25, -0.2) is 0 Å². The van der Waals surface area contributed by atoms with Gasteiger partial charge in [-0.1, -0.05) is 29.5 Å². The zero-order chi connectivity index (χ0) is 25.6. The first-order chi connectivity index (χ1) is 17.3. The van der Waals surface area contributed by atoms with Crippen LogP contribution < -0.4 is 14.4 Å². The van der Waals surface area contributed by atoms with Crippen molar-refractivity contribution in [2.45, 2.75) is 19.9 Å². The molecule has 10 nitrogen and oxygen atoms in total. The summed E-state index contributed by atoms with van der Waals surface area (Å²) < 4.78 is 16.6. The lowest BCUT2D eigenvalue weighted by molar-refractivity contribution is -0.117. The Hall–Kier alpha value is -4.38. The van der Waals surface area contributed by atoms with E-state index in [1.807, 2.05) is 0 Å². The Morgan fingerprint density at radius 1 is 1.17 bits per heavy atom. The number of fused-ring (bicyclic) bond motifs is 1. The molecular formula is C25H21N3O7S. The third kappa shape index (κ3) is 3.73. The largest absolute Gasteiger partial charge is 0.504 e. The summed E-state index contributed by atoms with van der Waals surface area (Å²) in [6.45, 7) is 3.78. The van der Waals surface area contributed by atoms with Crippen LogP contribution in [0.3, 0.4) is 0 Å². The average Bonchev–Trinajstić information content (AvgIpc) is 3.56. The fraction of sp³-hybridized carbons (Fsp3) is 0.200. The number of carbonyl (C=O) groups is 2. The molecular weight excluding hydrogens is 486 g/mol. The first kappa shape index (κ1) is 23.4. The molecule has 5 rings (SSSR count). The number of phenolic OH excluding ortho intramolecular Hbond substituents is 1. The topological polar surface area (TPSA) is 135 Å². The number of amides is 1. The van der Waals surface area contributed by atoms with Crippen molar-refractivity contribution in [3.8, 4) is 17.2 Å². The van der Waals surface area contributed by atoms with Gasteiger partial charge in [-0.05, 0) is 43.7 Å². The number of methoxy groups -OCH3 is 1. The lowest BCUT2D eigenvalue weighted by Gasteiger charge is -2.24. The molecule has 2 aromatic heterocycles. The average molecular weight is 508 g/mol. The summed E-state index contributed by atoms with van der Waals surface area (Å²) >= 11 is 1.14. The minimum Gasteiger partial charge on any atom is -0.504 e. The van der Waals surface area contributed by atoms with Gasteiger partial charge in [0.2, 0.25) is 10.9 Å². The van der Waals surface area contributed by atoms with Crippen LogP contribution in [0.5, 0.6) is 17.2 Å². The maximum atomic E-state index is 13.8. The van der Waals surface area contributed by atoms with E-state index < -0.39 is 23.5 Å². The monoisotopic (exact) mass is 507 g/mol. The highest BCUT2D eigenvalue weighted by molar-refractivity contribution is 7.15. The lowest BCUT2D eigenvalue weighted by atomic mass is 9.95. The Balaban J connectivity index is 1.67. The van der Waals surface area contributed by atoms with Gasteiger partial charge in [-0.3, -0.25) is 14.5 Å². The van der Waals surface area contributed by atoms with Gasteiger partial charge < -0.3 is 24.1 Å². The molecule has 184 valence electrons. The van der Waals surface area contributed by atoms with Crippen LogP contribution >= 0.6 is 11.3 Å². The van der Waals surface area contributed by atoms with Gasteiger partial charge in [-0.2, -0.15) is 0 Å². The van der Waals surface area contributed by atoms with Crippen LogP contribution in [0.4, 0.5) is 5.13 Å². The summed E-state index contributed by atoms with van der Waals surface area (Å²) in [6.07, 6.45) is 0. The number of hydrogen-bond acceptors (Lipinski definition) is 10. The number of furan rings is 1. The minimum absolute atomic E-state index is 0.0760. The van der Waals surface area contributed by atoms with E-state index in [1.54, 1.807) is 38.1 Å². The standard InChI is InChI=1S/C25H21N3O7S/c1-4-34-17-10-13(8-9-15(17)29)20-19(22(31)24(32)28(20)25-27-26-12(2)36-25)21(30)18-11-14-6-5-7-16(33-3)23(14)35-18/h5-11,20,29,31H,4H2,1-3H3. The number of phenols is 1. The van der Waals surface area contributed by atoms with Gasteiger partial charge in [0.1, 0.15) is 5.01 Å². The number of nitrogens with zero attached hydrogens (tertiary/aromatic N) is 3. The number of Topliss-reactive ketones (excluding diaryl/α,β-unsaturated/α-hetero) is 1. The van der Waals surface area contributed by atoms with Crippen LogP contribution in [-0.2, 0) is 4.79 Å². The number of ketones is 1. The third-order valence-electron chi connectivity index (χ3n) is 5.73. The van der Waals surface area contributed by atoms with E-state index in [0.717, 1.165) is 11.3 Å². The molecule has 1 unspecified atom stereocenters. The summed E-state index contributed by atoms with van der Waals surface area (Å²) in [5.41, 5.74) is 0.585. The molecule has 11 heteroatoms. The Bertz CT molecular complexity index is 1540. The van der Waals surface area contributed by atoms with E-state index in [-0.39, 0.29) is 34.6 Å². The van der Waals surface area contributed by atoms with Gasteiger partial charge >= 0.3 is 0 Å². The molecule has 1 aliphatic heterocycles. The maximum absolute atomic E-state index is 13.8. The molecule has 2 aromatic carbocycles. The molecule has 2 N–H and O–H groups in total. The number of aliphatic hydroxyl groups excluding tert-OH is 1. The number of carbonyl (C=O) groups excluding carboxylic acids is 2. The Morgan fingerprint density at radius 3 is 2.67 bits per heavy atom. The van der Waals surface area contributed by atoms with Crippen molar-refractivity contribution in [2.24, 2.45) is 0 Å². The molecule has 4 aromatic rings. The van der Waals surface area contributed by atoms with Gasteiger partial charge in [0.15, 0.2) is 34.4 Å². The van der Waals surface area contributed by atoms with Crippen LogP contribution in [0.2, 0.25) is 0 Å². The van der Waals surface area contributed by atoms with Crippen molar-refractivity contribution in [1.29, 1.82) is 0 Å². The van der Waals surface area contributed by atoms with Crippen molar-refractivity contribution in [3.63, 3.8) is 0 Å². The number of para-hydroxylation sites is 1. The predicted octanol–water partition coefficient (Wildman–Crippen LogP) is 4.49. The number of rotatable bonds is 7.